The number of carbonyl (C=O) groups is 4. The molecule has 13 heteroatoms. The summed E-state index contributed by atoms with van der Waals surface area (Å²) >= 11 is 16.8. The van der Waals surface area contributed by atoms with Crippen LogP contribution in [0.5, 0.6) is 0 Å². The lowest BCUT2D eigenvalue weighted by Gasteiger charge is -2.34. The van der Waals surface area contributed by atoms with Crippen molar-refractivity contribution in [2.45, 2.75) is 95.8 Å². The molecule has 0 aliphatic carbocycles. The van der Waals surface area contributed by atoms with Gasteiger partial charge in [-0.1, -0.05) is 62.5 Å². The van der Waals surface area contributed by atoms with E-state index in [1.807, 2.05) is 13.8 Å². The van der Waals surface area contributed by atoms with Crippen molar-refractivity contribution in [2.75, 3.05) is 13.2 Å². The Kier molecular flexibility index (Phi) is 14.3. The first-order valence-electron chi connectivity index (χ1n) is 11.6. The maximum absolute atomic E-state index is 12.8. The fourth-order valence-corrected chi connectivity index (χ4v) is 3.10. The fraction of sp³-hybridized carbons (Fsp3) is 0.818. The van der Waals surface area contributed by atoms with E-state index in [1.165, 1.54) is 11.9 Å². The first kappa shape index (κ1) is 33.5. The number of alkyl carbamates (subject to hydrolysis) is 1. The second-order valence-corrected chi connectivity index (χ2v) is 11.7. The number of hydrazine groups is 1. The number of alkyl halides is 3. The molecule has 1 aliphatic rings. The maximum atomic E-state index is 12.8. The third kappa shape index (κ3) is 13.4. The largest absolute Gasteiger partial charge is 0.460 e. The van der Waals surface area contributed by atoms with Gasteiger partial charge in [-0.15, -0.1) is 0 Å². The van der Waals surface area contributed by atoms with E-state index < -0.39 is 58.0 Å². The number of nitrogens with zero attached hydrogens (tertiary/aromatic N) is 1. The Labute approximate surface area is 223 Å². The molecule has 0 bridgehead atoms. The number of esters is 1. The van der Waals surface area contributed by atoms with Crippen molar-refractivity contribution in [1.82, 2.24) is 21.1 Å². The minimum absolute atomic E-state index is 0.259. The lowest BCUT2D eigenvalue weighted by molar-refractivity contribution is -0.152. The Morgan fingerprint density at radius 2 is 1.63 bits per heavy atom. The summed E-state index contributed by atoms with van der Waals surface area (Å²) in [6.45, 7) is 14.1. The van der Waals surface area contributed by atoms with Gasteiger partial charge >= 0.3 is 12.1 Å². The molecular weight excluding hydrogens is 523 g/mol. The summed E-state index contributed by atoms with van der Waals surface area (Å²) in [6, 6.07) is -2.63. The molecule has 3 N–H and O–H groups in total. The first-order chi connectivity index (χ1) is 16.0. The van der Waals surface area contributed by atoms with Crippen molar-refractivity contribution in [2.24, 2.45) is 5.92 Å². The molecule has 1 aliphatic heterocycles. The van der Waals surface area contributed by atoms with E-state index in [0.717, 1.165) is 0 Å². The number of carbonyl (C=O) groups excluding carboxylic acids is 4. The van der Waals surface area contributed by atoms with Crippen LogP contribution in [-0.4, -0.2) is 69.6 Å². The van der Waals surface area contributed by atoms with Gasteiger partial charge in [-0.3, -0.25) is 19.4 Å². The standard InChI is InChI=1S/C20H33Cl3N4O6.C2H6/c1-11(2)14(25-18(31)33-19(4,5)6)15(28)24-12(3)16(29)27-9-7-8-13(26-27)17(30)32-10-20(21,22)23;1-2/h11-14,26H,7-10H2,1-6H3,(H,24,28)(H,25,31);1-2H3. The van der Waals surface area contributed by atoms with Gasteiger partial charge in [-0.05, 0) is 46.5 Å². The summed E-state index contributed by atoms with van der Waals surface area (Å²) < 4.78 is 8.44. The average molecular weight is 562 g/mol. The monoisotopic (exact) mass is 560 g/mol. The quantitative estimate of drug-likeness (QED) is 0.321. The van der Waals surface area contributed by atoms with Crippen LogP contribution in [0.4, 0.5) is 4.79 Å². The lowest BCUT2D eigenvalue weighted by atomic mass is 10.0. The van der Waals surface area contributed by atoms with Gasteiger partial charge in [-0.2, -0.15) is 0 Å². The molecule has 3 atom stereocenters. The van der Waals surface area contributed by atoms with Gasteiger partial charge in [0.05, 0.1) is 0 Å². The number of ether oxygens (including phenoxy) is 2. The number of halogens is 3. The summed E-state index contributed by atoms with van der Waals surface area (Å²) in [5.41, 5.74) is 2.07. The lowest BCUT2D eigenvalue weighted by Crippen LogP contribution is -2.61. The smallest absolute Gasteiger partial charge is 0.408 e. The molecule has 0 aromatic carbocycles. The van der Waals surface area contributed by atoms with Crippen molar-refractivity contribution < 1.29 is 28.7 Å². The highest BCUT2D eigenvalue weighted by atomic mass is 35.6. The van der Waals surface area contributed by atoms with Gasteiger partial charge in [0.25, 0.3) is 5.91 Å². The summed E-state index contributed by atoms with van der Waals surface area (Å²) in [5, 5.41) is 6.40. The van der Waals surface area contributed by atoms with Crippen molar-refractivity contribution in [1.29, 1.82) is 0 Å². The number of hydrogen-bond acceptors (Lipinski definition) is 7. The van der Waals surface area contributed by atoms with Gasteiger partial charge in [0.1, 0.15) is 30.3 Å². The molecule has 1 rings (SSSR count). The topological polar surface area (TPSA) is 126 Å². The zero-order valence-electron chi connectivity index (χ0n) is 21.7. The van der Waals surface area contributed by atoms with Crippen molar-refractivity contribution in [3.63, 3.8) is 0 Å². The molecule has 10 nitrogen and oxygen atoms in total. The molecule has 0 aromatic heterocycles. The molecule has 0 spiro atoms. The SMILES string of the molecule is CC.CC(NC(=O)C(NC(=O)OC(C)(C)C)C(C)C)C(=O)N1CCCC(C(=O)OCC(Cl)(Cl)Cl)N1. The number of rotatable bonds is 7. The predicted octanol–water partition coefficient (Wildman–Crippen LogP) is 3.48. The molecule has 1 heterocycles. The van der Waals surface area contributed by atoms with Crippen molar-refractivity contribution >= 4 is 58.7 Å². The van der Waals surface area contributed by atoms with Gasteiger partial charge in [-0.25, -0.2) is 10.2 Å². The van der Waals surface area contributed by atoms with E-state index in [0.29, 0.717) is 19.4 Å². The highest BCUT2D eigenvalue weighted by Gasteiger charge is 2.34. The summed E-state index contributed by atoms with van der Waals surface area (Å²) in [6.07, 6.45) is 0.226. The summed E-state index contributed by atoms with van der Waals surface area (Å²) in [4.78, 5) is 49.9. The molecule has 1 fully saturated rings. The number of hydrogen-bond donors (Lipinski definition) is 3. The van der Waals surface area contributed by atoms with Gasteiger partial charge in [0.2, 0.25) is 9.70 Å². The first-order valence-corrected chi connectivity index (χ1v) is 12.7. The molecule has 0 saturated carbocycles. The molecule has 1 saturated heterocycles. The molecule has 0 radical (unpaired) electrons. The van der Waals surface area contributed by atoms with E-state index in [-0.39, 0.29) is 5.92 Å². The molecule has 0 aromatic rings. The zero-order valence-corrected chi connectivity index (χ0v) is 23.9. The maximum Gasteiger partial charge on any atom is 0.408 e. The van der Waals surface area contributed by atoms with Crippen LogP contribution in [0.1, 0.15) is 68.2 Å². The normalized spacial score (nSPS) is 17.9. The van der Waals surface area contributed by atoms with Gasteiger partial charge in [0.15, 0.2) is 0 Å². The molecule has 204 valence electrons. The number of nitrogens with one attached hydrogen (secondary N) is 3. The van der Waals surface area contributed by atoms with E-state index in [4.69, 9.17) is 44.3 Å². The average Bonchev–Trinajstić information content (AvgIpc) is 2.74. The minimum atomic E-state index is -1.74. The van der Waals surface area contributed by atoms with E-state index in [1.54, 1.807) is 34.6 Å². The van der Waals surface area contributed by atoms with Crippen LogP contribution >= 0.6 is 34.8 Å². The Bertz CT molecular complexity index is 725. The minimum Gasteiger partial charge on any atom is -0.460 e. The molecule has 35 heavy (non-hydrogen) atoms. The zero-order chi connectivity index (χ0) is 27.6. The Morgan fingerprint density at radius 3 is 2.11 bits per heavy atom. The van der Waals surface area contributed by atoms with Gasteiger partial charge in [0, 0.05) is 6.54 Å². The van der Waals surface area contributed by atoms with Crippen molar-refractivity contribution in [3.8, 4) is 0 Å². The highest BCUT2D eigenvalue weighted by molar-refractivity contribution is 6.67. The van der Waals surface area contributed by atoms with Crippen LogP contribution in [0, 0.1) is 5.92 Å². The van der Waals surface area contributed by atoms with Crippen molar-refractivity contribution in [3.05, 3.63) is 0 Å². The Morgan fingerprint density at radius 1 is 1.06 bits per heavy atom. The predicted molar refractivity (Wildman–Crippen MR) is 136 cm³/mol. The summed E-state index contributed by atoms with van der Waals surface area (Å²) in [5.74, 6) is -1.91. The highest BCUT2D eigenvalue weighted by Crippen LogP contribution is 2.26. The van der Waals surface area contributed by atoms with Crippen LogP contribution < -0.4 is 16.1 Å². The number of amides is 3. The van der Waals surface area contributed by atoms with Crippen LogP contribution in [0.15, 0.2) is 0 Å². The third-order valence-electron chi connectivity index (χ3n) is 4.47. The Hall–Kier alpha value is -1.49. The third-order valence-corrected chi connectivity index (χ3v) is 4.79. The van der Waals surface area contributed by atoms with Crippen LogP contribution in [0.25, 0.3) is 0 Å². The fourth-order valence-electron chi connectivity index (χ4n) is 2.94. The molecule has 3 amide bonds. The van der Waals surface area contributed by atoms with Crippen LogP contribution in [0.2, 0.25) is 0 Å². The van der Waals surface area contributed by atoms with Gasteiger partial charge < -0.3 is 20.1 Å². The second-order valence-electron chi connectivity index (χ2n) is 9.13. The van der Waals surface area contributed by atoms with E-state index in [2.05, 4.69) is 16.1 Å². The Balaban J connectivity index is 0.00000562. The molecular formula is C22H39Cl3N4O6. The molecule has 3 unspecified atom stereocenters. The van der Waals surface area contributed by atoms with E-state index in [9.17, 15) is 19.2 Å². The van der Waals surface area contributed by atoms with E-state index >= 15 is 0 Å². The van der Waals surface area contributed by atoms with Crippen LogP contribution in [-0.2, 0) is 23.9 Å². The summed E-state index contributed by atoms with van der Waals surface area (Å²) in [7, 11) is 0. The second kappa shape index (κ2) is 14.9. The van der Waals surface area contributed by atoms with Crippen LogP contribution in [0.3, 0.4) is 0 Å².